The maximum atomic E-state index is 12.8. The number of fused-ring (bicyclic) bond motifs is 1. The zero-order chi connectivity index (χ0) is 13.0. The van der Waals surface area contributed by atoms with Crippen LogP contribution in [0.1, 0.15) is 12.8 Å². The maximum absolute atomic E-state index is 12.8. The Morgan fingerprint density at radius 1 is 1.33 bits per heavy atom. The van der Waals surface area contributed by atoms with E-state index in [2.05, 4.69) is 10.3 Å². The van der Waals surface area contributed by atoms with E-state index in [4.69, 9.17) is 11.6 Å². The molecule has 0 saturated heterocycles. The number of thiazole rings is 1. The molecule has 0 atom stereocenters. The summed E-state index contributed by atoms with van der Waals surface area (Å²) in [5.74, 6) is 0. The highest BCUT2D eigenvalue weighted by molar-refractivity contribution is 7.22. The summed E-state index contributed by atoms with van der Waals surface area (Å²) < 4.78 is 39.2. The van der Waals surface area contributed by atoms with Gasteiger partial charge in [0, 0.05) is 5.02 Å². The summed E-state index contributed by atoms with van der Waals surface area (Å²) >= 11 is 7.01. The predicted molar refractivity (Wildman–Crippen MR) is 66.3 cm³/mol. The molecule has 1 aliphatic rings. The quantitative estimate of drug-likeness (QED) is 0.884. The van der Waals surface area contributed by atoms with Crippen molar-refractivity contribution in [2.75, 3.05) is 5.32 Å². The summed E-state index contributed by atoms with van der Waals surface area (Å²) in [6.07, 6.45) is -4.02. The summed E-state index contributed by atoms with van der Waals surface area (Å²) in [4.78, 5) is 4.14. The van der Waals surface area contributed by atoms with Crippen molar-refractivity contribution in [3.8, 4) is 0 Å². The third-order valence-corrected chi connectivity index (χ3v) is 4.16. The number of hydrogen-bond donors (Lipinski definition) is 1. The number of rotatable bonds is 2. The van der Waals surface area contributed by atoms with Crippen molar-refractivity contribution in [1.82, 2.24) is 4.98 Å². The number of benzene rings is 1. The molecule has 0 unspecified atom stereocenters. The molecule has 3 rings (SSSR count). The molecule has 0 aliphatic heterocycles. The molecule has 2 nitrogen and oxygen atoms in total. The van der Waals surface area contributed by atoms with Crippen LogP contribution >= 0.6 is 22.9 Å². The van der Waals surface area contributed by atoms with Gasteiger partial charge in [-0.05, 0) is 31.0 Å². The fourth-order valence-corrected chi connectivity index (χ4v) is 3.00. The van der Waals surface area contributed by atoms with Crippen LogP contribution in [0.15, 0.2) is 18.2 Å². The van der Waals surface area contributed by atoms with E-state index in [-0.39, 0.29) is 12.8 Å². The lowest BCUT2D eigenvalue weighted by Gasteiger charge is -2.19. The minimum absolute atomic E-state index is 0.104. The van der Waals surface area contributed by atoms with E-state index in [1.54, 1.807) is 18.2 Å². The summed E-state index contributed by atoms with van der Waals surface area (Å²) in [7, 11) is 0. The maximum Gasteiger partial charge on any atom is 0.411 e. The Labute approximate surface area is 110 Å². The van der Waals surface area contributed by atoms with Crippen molar-refractivity contribution in [3.05, 3.63) is 23.2 Å². The van der Waals surface area contributed by atoms with Gasteiger partial charge in [-0.1, -0.05) is 22.9 Å². The number of halogens is 4. The van der Waals surface area contributed by atoms with E-state index in [1.807, 2.05) is 0 Å². The number of aromatic nitrogens is 1. The van der Waals surface area contributed by atoms with Gasteiger partial charge in [0.1, 0.15) is 5.54 Å². The standard InChI is InChI=1S/C11H8ClF3N2S/c12-6-1-2-7-8(5-6)18-9(16-7)17-10(3-4-10)11(13,14)15/h1-2,5H,3-4H2,(H,16,17). The SMILES string of the molecule is FC(F)(F)C1(Nc2nc3ccc(Cl)cc3s2)CC1. The molecule has 0 bridgehead atoms. The van der Waals surface area contributed by atoms with E-state index in [0.717, 1.165) is 4.70 Å². The number of nitrogens with zero attached hydrogens (tertiary/aromatic N) is 1. The number of nitrogens with one attached hydrogen (secondary N) is 1. The molecule has 1 saturated carbocycles. The van der Waals surface area contributed by atoms with Crippen LogP contribution in [0.3, 0.4) is 0 Å². The molecule has 1 aromatic carbocycles. The number of hydrogen-bond acceptors (Lipinski definition) is 3. The minimum Gasteiger partial charge on any atom is -0.347 e. The van der Waals surface area contributed by atoms with Crippen molar-refractivity contribution in [2.24, 2.45) is 0 Å². The van der Waals surface area contributed by atoms with Crippen molar-refractivity contribution in [2.45, 2.75) is 24.6 Å². The van der Waals surface area contributed by atoms with Gasteiger partial charge in [0.05, 0.1) is 10.2 Å². The van der Waals surface area contributed by atoms with Crippen molar-refractivity contribution >= 4 is 38.3 Å². The van der Waals surface area contributed by atoms with Gasteiger partial charge in [0.15, 0.2) is 5.13 Å². The van der Waals surface area contributed by atoms with E-state index in [0.29, 0.717) is 15.7 Å². The van der Waals surface area contributed by atoms with Crippen LogP contribution in [-0.4, -0.2) is 16.7 Å². The highest BCUT2D eigenvalue weighted by Gasteiger charge is 2.63. The van der Waals surface area contributed by atoms with E-state index in [9.17, 15) is 13.2 Å². The highest BCUT2D eigenvalue weighted by Crippen LogP contribution is 2.51. The zero-order valence-electron chi connectivity index (χ0n) is 9.01. The fourth-order valence-electron chi connectivity index (χ4n) is 1.76. The van der Waals surface area contributed by atoms with Gasteiger partial charge < -0.3 is 5.32 Å². The molecule has 7 heteroatoms. The summed E-state index contributed by atoms with van der Waals surface area (Å²) in [6.45, 7) is 0. The molecule has 0 radical (unpaired) electrons. The first-order valence-electron chi connectivity index (χ1n) is 5.31. The third-order valence-electron chi connectivity index (χ3n) is 2.99. The first-order valence-corrected chi connectivity index (χ1v) is 6.50. The normalized spacial score (nSPS) is 18.0. The van der Waals surface area contributed by atoms with E-state index < -0.39 is 11.7 Å². The van der Waals surface area contributed by atoms with Gasteiger partial charge in [-0.15, -0.1) is 0 Å². The van der Waals surface area contributed by atoms with Gasteiger partial charge in [-0.2, -0.15) is 13.2 Å². The van der Waals surface area contributed by atoms with Gasteiger partial charge >= 0.3 is 6.18 Å². The van der Waals surface area contributed by atoms with Gasteiger partial charge in [0.25, 0.3) is 0 Å². The van der Waals surface area contributed by atoms with Crippen LogP contribution < -0.4 is 5.32 Å². The average molecular weight is 293 g/mol. The molecule has 18 heavy (non-hydrogen) atoms. The van der Waals surface area contributed by atoms with Crippen LogP contribution in [0.2, 0.25) is 5.02 Å². The second-order valence-electron chi connectivity index (χ2n) is 4.34. The Kier molecular flexibility index (Phi) is 2.50. The van der Waals surface area contributed by atoms with Gasteiger partial charge in [-0.3, -0.25) is 0 Å². The molecule has 2 aromatic rings. The number of alkyl halides is 3. The molecule has 1 aromatic heterocycles. The van der Waals surface area contributed by atoms with Gasteiger partial charge in [0.2, 0.25) is 0 Å². The highest BCUT2D eigenvalue weighted by atomic mass is 35.5. The number of anilines is 1. The predicted octanol–water partition coefficient (Wildman–Crippen LogP) is 4.46. The van der Waals surface area contributed by atoms with Gasteiger partial charge in [-0.25, -0.2) is 4.98 Å². The Balaban J connectivity index is 1.92. The Morgan fingerprint density at radius 2 is 2.06 bits per heavy atom. The lowest BCUT2D eigenvalue weighted by atomic mass is 10.3. The van der Waals surface area contributed by atoms with Crippen LogP contribution in [0.5, 0.6) is 0 Å². The average Bonchev–Trinajstić information content (AvgIpc) is 2.92. The molecule has 1 N–H and O–H groups in total. The van der Waals surface area contributed by atoms with Crippen molar-refractivity contribution in [1.29, 1.82) is 0 Å². The van der Waals surface area contributed by atoms with Crippen molar-refractivity contribution in [3.63, 3.8) is 0 Å². The smallest absolute Gasteiger partial charge is 0.347 e. The van der Waals surface area contributed by atoms with E-state index in [1.165, 1.54) is 11.3 Å². The van der Waals surface area contributed by atoms with Crippen LogP contribution in [0.25, 0.3) is 10.2 Å². The molecule has 1 heterocycles. The molecule has 96 valence electrons. The molecule has 1 fully saturated rings. The van der Waals surface area contributed by atoms with Crippen LogP contribution in [-0.2, 0) is 0 Å². The van der Waals surface area contributed by atoms with Crippen molar-refractivity contribution < 1.29 is 13.2 Å². The summed E-state index contributed by atoms with van der Waals surface area (Å²) in [5.41, 5.74) is -1.12. The fraction of sp³-hybridized carbons (Fsp3) is 0.364. The second-order valence-corrected chi connectivity index (χ2v) is 5.80. The van der Waals surface area contributed by atoms with E-state index >= 15 is 0 Å². The topological polar surface area (TPSA) is 24.9 Å². The monoisotopic (exact) mass is 292 g/mol. The molecule has 0 spiro atoms. The minimum atomic E-state index is -4.23. The van der Waals surface area contributed by atoms with Crippen LogP contribution in [0, 0.1) is 0 Å². The lowest BCUT2D eigenvalue weighted by Crippen LogP contribution is -2.38. The first-order chi connectivity index (χ1) is 8.40. The third kappa shape index (κ3) is 1.93. The second kappa shape index (κ2) is 3.74. The lowest BCUT2D eigenvalue weighted by molar-refractivity contribution is -0.151. The first kappa shape index (κ1) is 12.0. The Bertz CT molecular complexity index is 604. The summed E-state index contributed by atoms with van der Waals surface area (Å²) in [5, 5.41) is 3.36. The van der Waals surface area contributed by atoms with Crippen LogP contribution in [0.4, 0.5) is 18.3 Å². The summed E-state index contributed by atoms with van der Waals surface area (Å²) in [6, 6.07) is 5.07. The largest absolute Gasteiger partial charge is 0.411 e. The zero-order valence-corrected chi connectivity index (χ0v) is 10.6. The Morgan fingerprint density at radius 3 is 2.67 bits per heavy atom. The Hall–Kier alpha value is -1.01. The molecule has 1 aliphatic carbocycles. The molecular weight excluding hydrogens is 285 g/mol. The molecular formula is C11H8ClF3N2S. The molecule has 0 amide bonds.